The van der Waals surface area contributed by atoms with Gasteiger partial charge in [-0.25, -0.2) is 9.59 Å². The Kier molecular flexibility index (Phi) is 4.20. The van der Waals surface area contributed by atoms with Gasteiger partial charge in [0.1, 0.15) is 9.75 Å². The van der Waals surface area contributed by atoms with Crippen molar-refractivity contribution in [2.24, 2.45) is 0 Å². The van der Waals surface area contributed by atoms with Gasteiger partial charge in [0.05, 0.1) is 26.2 Å². The lowest BCUT2D eigenvalue weighted by atomic mass is 9.94. The fourth-order valence-corrected chi connectivity index (χ4v) is 4.93. The highest BCUT2D eigenvalue weighted by Crippen LogP contribution is 2.41. The third-order valence-electron chi connectivity index (χ3n) is 3.79. The molecule has 0 aromatic carbocycles. The van der Waals surface area contributed by atoms with E-state index >= 15 is 0 Å². The fourth-order valence-electron chi connectivity index (χ4n) is 2.70. The molecule has 1 aliphatic rings. The SMILES string of the molecule is COC(=O)c1cc2c(s1)CCc1sc(C(=O)OC)cc1C2C#N. The number of nitrogens with zero attached hydrogens (tertiary/aromatic N) is 1. The van der Waals surface area contributed by atoms with Crippen LogP contribution in [0.15, 0.2) is 12.1 Å². The molecule has 23 heavy (non-hydrogen) atoms. The number of carbonyl (C=O) groups excluding carboxylic acids is 2. The largest absolute Gasteiger partial charge is 0.465 e. The van der Waals surface area contributed by atoms with Gasteiger partial charge in [0.15, 0.2) is 0 Å². The van der Waals surface area contributed by atoms with Crippen LogP contribution in [0.3, 0.4) is 0 Å². The summed E-state index contributed by atoms with van der Waals surface area (Å²) >= 11 is 2.75. The summed E-state index contributed by atoms with van der Waals surface area (Å²) < 4.78 is 9.53. The Morgan fingerprint density at radius 1 is 1.04 bits per heavy atom. The van der Waals surface area contributed by atoms with Crippen molar-refractivity contribution in [2.75, 3.05) is 14.2 Å². The van der Waals surface area contributed by atoms with Crippen molar-refractivity contribution < 1.29 is 19.1 Å². The molecule has 0 saturated carbocycles. The molecule has 2 aromatic heterocycles. The van der Waals surface area contributed by atoms with E-state index < -0.39 is 5.92 Å². The molecule has 3 rings (SSSR count). The van der Waals surface area contributed by atoms with Crippen molar-refractivity contribution >= 4 is 34.6 Å². The van der Waals surface area contributed by atoms with E-state index in [-0.39, 0.29) is 11.9 Å². The number of hydrogen-bond acceptors (Lipinski definition) is 7. The molecule has 0 atom stereocenters. The molecule has 0 fully saturated rings. The van der Waals surface area contributed by atoms with Crippen molar-refractivity contribution in [3.63, 3.8) is 0 Å². The minimum atomic E-state index is -0.480. The minimum absolute atomic E-state index is 0.388. The number of nitriles is 1. The topological polar surface area (TPSA) is 76.4 Å². The first kappa shape index (κ1) is 15.7. The van der Waals surface area contributed by atoms with Crippen molar-refractivity contribution in [1.29, 1.82) is 5.26 Å². The third kappa shape index (κ3) is 2.64. The zero-order valence-corrected chi connectivity index (χ0v) is 14.2. The van der Waals surface area contributed by atoms with E-state index in [0.717, 1.165) is 33.7 Å². The number of methoxy groups -OCH3 is 2. The third-order valence-corrected chi connectivity index (χ3v) is 6.17. The summed E-state index contributed by atoms with van der Waals surface area (Å²) in [4.78, 5) is 26.5. The highest BCUT2D eigenvalue weighted by atomic mass is 32.1. The van der Waals surface area contributed by atoms with Gasteiger partial charge in [-0.1, -0.05) is 0 Å². The van der Waals surface area contributed by atoms with Crippen molar-refractivity contribution in [3.05, 3.63) is 42.8 Å². The summed E-state index contributed by atoms with van der Waals surface area (Å²) in [5.74, 6) is -1.26. The number of carbonyl (C=O) groups is 2. The lowest BCUT2D eigenvalue weighted by Gasteiger charge is -2.06. The second kappa shape index (κ2) is 6.14. The number of thiophene rings is 2. The molecule has 118 valence electrons. The number of rotatable bonds is 2. The zero-order chi connectivity index (χ0) is 16.6. The minimum Gasteiger partial charge on any atom is -0.465 e. The fraction of sp³-hybridized carbons (Fsp3) is 0.312. The summed E-state index contributed by atoms with van der Waals surface area (Å²) in [5.41, 5.74) is 1.68. The number of fused-ring (bicyclic) bond motifs is 2. The van der Waals surface area contributed by atoms with E-state index in [1.54, 1.807) is 12.1 Å². The van der Waals surface area contributed by atoms with Crippen LogP contribution < -0.4 is 0 Å². The van der Waals surface area contributed by atoms with Gasteiger partial charge in [-0.2, -0.15) is 5.26 Å². The maximum absolute atomic E-state index is 11.7. The Hall–Kier alpha value is -2.17. The Balaban J connectivity index is 2.08. The standard InChI is InChI=1S/C16H13NO4S2/c1-20-15(18)13-5-8-10(7-17)9-6-14(16(19)21-2)23-12(9)4-3-11(8)22-13/h5-6,10H,3-4H2,1-2H3. The maximum Gasteiger partial charge on any atom is 0.348 e. The molecule has 0 saturated heterocycles. The van der Waals surface area contributed by atoms with Crippen LogP contribution >= 0.6 is 22.7 Å². The zero-order valence-electron chi connectivity index (χ0n) is 12.5. The normalized spacial score (nSPS) is 13.4. The Labute approximate surface area is 141 Å². The number of esters is 2. The van der Waals surface area contributed by atoms with Crippen LogP contribution in [0.1, 0.15) is 46.1 Å². The Morgan fingerprint density at radius 2 is 1.48 bits per heavy atom. The molecule has 2 heterocycles. The number of aryl methyl sites for hydroxylation is 2. The molecule has 0 spiro atoms. The maximum atomic E-state index is 11.7. The van der Waals surface area contributed by atoms with Gasteiger partial charge < -0.3 is 9.47 Å². The van der Waals surface area contributed by atoms with Gasteiger partial charge >= 0.3 is 11.9 Å². The highest BCUT2D eigenvalue weighted by molar-refractivity contribution is 7.14. The van der Waals surface area contributed by atoms with Crippen molar-refractivity contribution in [2.45, 2.75) is 18.8 Å². The van der Waals surface area contributed by atoms with Gasteiger partial charge in [-0.05, 0) is 36.1 Å². The van der Waals surface area contributed by atoms with Crippen LogP contribution in [0.4, 0.5) is 0 Å². The predicted molar refractivity (Wildman–Crippen MR) is 86.2 cm³/mol. The molecule has 5 nitrogen and oxygen atoms in total. The molecule has 0 unspecified atom stereocenters. The first-order valence-electron chi connectivity index (χ1n) is 6.90. The molecule has 2 aromatic rings. The number of ether oxygens (including phenoxy) is 2. The summed E-state index contributed by atoms with van der Waals surface area (Å²) in [6.45, 7) is 0. The van der Waals surface area contributed by atoms with E-state index in [4.69, 9.17) is 9.47 Å². The molecular formula is C16H13NO4S2. The highest BCUT2D eigenvalue weighted by Gasteiger charge is 2.30. The van der Waals surface area contributed by atoms with E-state index in [2.05, 4.69) is 6.07 Å². The van der Waals surface area contributed by atoms with E-state index in [1.807, 2.05) is 0 Å². The summed E-state index contributed by atoms with van der Waals surface area (Å²) in [6, 6.07) is 5.79. The Morgan fingerprint density at radius 3 is 1.83 bits per heavy atom. The van der Waals surface area contributed by atoms with Gasteiger partial charge in [0.2, 0.25) is 0 Å². The average molecular weight is 347 g/mol. The van der Waals surface area contributed by atoms with Gasteiger partial charge in [-0.3, -0.25) is 0 Å². The predicted octanol–water partition coefficient (Wildman–Crippen LogP) is 3.14. The molecule has 0 N–H and O–H groups in total. The molecule has 0 aliphatic heterocycles. The van der Waals surface area contributed by atoms with Crippen LogP contribution in [0, 0.1) is 11.3 Å². The number of hydrogen-bond donors (Lipinski definition) is 0. The molecule has 1 aliphatic carbocycles. The lowest BCUT2D eigenvalue weighted by molar-refractivity contribution is 0.0597. The van der Waals surface area contributed by atoms with Gasteiger partial charge in [0, 0.05) is 9.75 Å². The first-order chi connectivity index (χ1) is 11.1. The van der Waals surface area contributed by atoms with Crippen LogP contribution in [-0.4, -0.2) is 26.2 Å². The summed E-state index contributed by atoms with van der Waals surface area (Å²) in [5, 5.41) is 9.65. The first-order valence-corrected chi connectivity index (χ1v) is 8.53. The molecule has 0 bridgehead atoms. The summed E-state index contributed by atoms with van der Waals surface area (Å²) in [7, 11) is 2.68. The molecule has 7 heteroatoms. The van der Waals surface area contributed by atoms with E-state index in [9.17, 15) is 14.9 Å². The van der Waals surface area contributed by atoms with Gasteiger partial charge in [-0.15, -0.1) is 22.7 Å². The summed E-state index contributed by atoms with van der Waals surface area (Å²) in [6.07, 6.45) is 1.48. The second-order valence-corrected chi connectivity index (χ2v) is 7.30. The van der Waals surface area contributed by atoms with Crippen LogP contribution in [-0.2, 0) is 22.3 Å². The van der Waals surface area contributed by atoms with Crippen LogP contribution in [0.2, 0.25) is 0 Å². The molecular weight excluding hydrogens is 334 g/mol. The van der Waals surface area contributed by atoms with E-state index in [0.29, 0.717) is 9.75 Å². The van der Waals surface area contributed by atoms with Crippen LogP contribution in [0.25, 0.3) is 0 Å². The van der Waals surface area contributed by atoms with Crippen LogP contribution in [0.5, 0.6) is 0 Å². The molecule has 0 radical (unpaired) electrons. The average Bonchev–Trinajstić information content (AvgIpc) is 3.15. The second-order valence-electron chi connectivity index (χ2n) is 5.02. The molecule has 0 amide bonds. The van der Waals surface area contributed by atoms with Gasteiger partial charge in [0.25, 0.3) is 0 Å². The van der Waals surface area contributed by atoms with Crippen molar-refractivity contribution in [1.82, 2.24) is 0 Å². The van der Waals surface area contributed by atoms with Crippen molar-refractivity contribution in [3.8, 4) is 6.07 Å². The lowest BCUT2D eigenvalue weighted by Crippen LogP contribution is -2.00. The smallest absolute Gasteiger partial charge is 0.348 e. The monoisotopic (exact) mass is 347 g/mol. The quantitative estimate of drug-likeness (QED) is 0.780. The van der Waals surface area contributed by atoms with E-state index in [1.165, 1.54) is 36.9 Å². The Bertz CT molecular complexity index is 765.